The molecule has 0 spiro atoms. The highest BCUT2D eigenvalue weighted by molar-refractivity contribution is 7.92. The Balaban J connectivity index is 2.17. The first kappa shape index (κ1) is 30.2. The molecular formula is C28H41N3O5S. The van der Waals surface area contributed by atoms with Crippen molar-refractivity contribution in [1.29, 1.82) is 0 Å². The normalized spacial score (nSPS) is 12.5. The largest absolute Gasteiger partial charge is 0.494 e. The van der Waals surface area contributed by atoms with Crippen LogP contribution in [0.1, 0.15) is 58.6 Å². The second-order valence-electron chi connectivity index (χ2n) is 10.3. The fraction of sp³-hybridized carbons (Fsp3) is 0.500. The van der Waals surface area contributed by atoms with Crippen molar-refractivity contribution in [3.63, 3.8) is 0 Å². The summed E-state index contributed by atoms with van der Waals surface area (Å²) >= 11 is 0. The molecule has 2 rings (SSSR count). The molecule has 0 saturated heterocycles. The Morgan fingerprint density at radius 2 is 1.62 bits per heavy atom. The average Bonchev–Trinajstić information content (AvgIpc) is 2.80. The predicted molar refractivity (Wildman–Crippen MR) is 148 cm³/mol. The first-order valence-corrected chi connectivity index (χ1v) is 14.4. The average molecular weight is 532 g/mol. The number of nitrogens with zero attached hydrogens (tertiary/aromatic N) is 2. The van der Waals surface area contributed by atoms with E-state index in [0.29, 0.717) is 24.5 Å². The first-order valence-electron chi connectivity index (χ1n) is 12.6. The fourth-order valence-corrected chi connectivity index (χ4v) is 4.79. The van der Waals surface area contributed by atoms with Gasteiger partial charge in [0, 0.05) is 25.0 Å². The second kappa shape index (κ2) is 12.9. The molecule has 8 nitrogen and oxygen atoms in total. The Morgan fingerprint density at radius 3 is 2.14 bits per heavy atom. The molecule has 0 aliphatic carbocycles. The minimum atomic E-state index is -3.56. The van der Waals surface area contributed by atoms with Gasteiger partial charge in [0.05, 0.1) is 18.6 Å². The van der Waals surface area contributed by atoms with Gasteiger partial charge < -0.3 is 15.0 Å². The van der Waals surface area contributed by atoms with Crippen LogP contribution in [0.2, 0.25) is 0 Å². The molecule has 0 radical (unpaired) electrons. The Morgan fingerprint density at radius 1 is 1.03 bits per heavy atom. The van der Waals surface area contributed by atoms with Crippen molar-refractivity contribution in [1.82, 2.24) is 10.2 Å². The maximum atomic E-state index is 13.4. The lowest BCUT2D eigenvalue weighted by Gasteiger charge is -2.32. The molecule has 0 aliphatic heterocycles. The van der Waals surface area contributed by atoms with Crippen LogP contribution in [0.3, 0.4) is 0 Å². The number of aryl methyl sites for hydroxylation is 1. The molecule has 37 heavy (non-hydrogen) atoms. The summed E-state index contributed by atoms with van der Waals surface area (Å²) in [6, 6.07) is 14.0. The van der Waals surface area contributed by atoms with Gasteiger partial charge in [-0.1, -0.05) is 29.8 Å². The minimum absolute atomic E-state index is 0.0993. The van der Waals surface area contributed by atoms with E-state index in [1.165, 1.54) is 4.31 Å². The number of nitrogens with one attached hydrogen (secondary N) is 1. The number of hydrogen-bond acceptors (Lipinski definition) is 5. The van der Waals surface area contributed by atoms with Crippen LogP contribution < -0.4 is 14.4 Å². The third kappa shape index (κ3) is 9.72. The molecule has 204 valence electrons. The number of rotatable bonds is 12. The van der Waals surface area contributed by atoms with E-state index in [2.05, 4.69) is 5.32 Å². The zero-order valence-electron chi connectivity index (χ0n) is 23.1. The molecule has 0 unspecified atom stereocenters. The summed E-state index contributed by atoms with van der Waals surface area (Å²) in [5.74, 6) is 0.210. The van der Waals surface area contributed by atoms with Crippen molar-refractivity contribution >= 4 is 27.5 Å². The third-order valence-electron chi connectivity index (χ3n) is 5.73. The highest BCUT2D eigenvalue weighted by Gasteiger charge is 2.28. The number of amides is 2. The number of carbonyl (C=O) groups is 2. The van der Waals surface area contributed by atoms with E-state index in [1.807, 2.05) is 58.9 Å². The quantitative estimate of drug-likeness (QED) is 0.441. The molecule has 1 N–H and O–H groups in total. The summed E-state index contributed by atoms with van der Waals surface area (Å²) < 4.78 is 31.7. The van der Waals surface area contributed by atoms with Crippen molar-refractivity contribution in [2.75, 3.05) is 23.7 Å². The van der Waals surface area contributed by atoms with Crippen LogP contribution in [-0.4, -0.2) is 56.1 Å². The number of anilines is 1. The smallest absolute Gasteiger partial charge is 0.242 e. The molecule has 0 heterocycles. The van der Waals surface area contributed by atoms with E-state index in [-0.39, 0.29) is 31.3 Å². The standard InChI is InChI=1S/C28H41N3O5S/c1-8-36-25-17-15-24(16-18-25)31(37(7,34)35)19-9-10-26(32)30(20-23-13-11-21(2)12-14-23)22(3)27(33)29-28(4,5)6/h11-18,22H,8-10,19-20H2,1-7H3,(H,29,33)/t22-/m1/s1. The van der Waals surface area contributed by atoms with Gasteiger partial charge in [-0.05, 0) is 77.8 Å². The van der Waals surface area contributed by atoms with E-state index >= 15 is 0 Å². The van der Waals surface area contributed by atoms with Gasteiger partial charge in [0.1, 0.15) is 11.8 Å². The maximum absolute atomic E-state index is 13.4. The molecule has 9 heteroatoms. The lowest BCUT2D eigenvalue weighted by Crippen LogP contribution is -2.52. The molecule has 2 aromatic carbocycles. The van der Waals surface area contributed by atoms with Gasteiger partial charge in [0.25, 0.3) is 0 Å². The summed E-state index contributed by atoms with van der Waals surface area (Å²) in [5, 5.41) is 2.95. The molecule has 0 aliphatic rings. The van der Waals surface area contributed by atoms with Crippen LogP contribution in [0.25, 0.3) is 0 Å². The van der Waals surface area contributed by atoms with Gasteiger partial charge in [-0.15, -0.1) is 0 Å². The van der Waals surface area contributed by atoms with E-state index in [4.69, 9.17) is 4.74 Å². The van der Waals surface area contributed by atoms with E-state index < -0.39 is 21.6 Å². The number of sulfonamides is 1. The van der Waals surface area contributed by atoms with Crippen LogP contribution in [-0.2, 0) is 26.2 Å². The number of hydrogen-bond donors (Lipinski definition) is 1. The van der Waals surface area contributed by atoms with Crippen LogP contribution in [0.4, 0.5) is 5.69 Å². The number of ether oxygens (including phenoxy) is 1. The summed E-state index contributed by atoms with van der Waals surface area (Å²) in [4.78, 5) is 27.9. The zero-order chi connectivity index (χ0) is 27.8. The Bertz CT molecular complexity index is 1140. The number of carbonyl (C=O) groups excluding carboxylic acids is 2. The van der Waals surface area contributed by atoms with E-state index in [0.717, 1.165) is 17.4 Å². The number of benzene rings is 2. The van der Waals surface area contributed by atoms with Crippen molar-refractivity contribution in [3.05, 3.63) is 59.7 Å². The minimum Gasteiger partial charge on any atom is -0.494 e. The highest BCUT2D eigenvalue weighted by Crippen LogP contribution is 2.23. The maximum Gasteiger partial charge on any atom is 0.242 e. The van der Waals surface area contributed by atoms with Crippen LogP contribution in [0, 0.1) is 6.92 Å². The SMILES string of the molecule is CCOc1ccc(N(CCCC(=O)N(Cc2ccc(C)cc2)[C@H](C)C(=O)NC(C)(C)C)S(C)(=O)=O)cc1. The van der Waals surface area contributed by atoms with Gasteiger partial charge in [0.15, 0.2) is 0 Å². The third-order valence-corrected chi connectivity index (χ3v) is 6.92. The van der Waals surface area contributed by atoms with Gasteiger partial charge in [0.2, 0.25) is 21.8 Å². The summed E-state index contributed by atoms with van der Waals surface area (Å²) in [7, 11) is -3.56. The molecule has 1 atom stereocenters. The molecule has 2 amide bonds. The lowest BCUT2D eigenvalue weighted by molar-refractivity contribution is -0.141. The van der Waals surface area contributed by atoms with Gasteiger partial charge >= 0.3 is 0 Å². The summed E-state index contributed by atoms with van der Waals surface area (Å²) in [6.07, 6.45) is 1.55. The molecular weight excluding hydrogens is 490 g/mol. The molecule has 2 aromatic rings. The molecule has 0 fully saturated rings. The monoisotopic (exact) mass is 531 g/mol. The van der Waals surface area contributed by atoms with Gasteiger partial charge in [-0.25, -0.2) is 8.42 Å². The predicted octanol–water partition coefficient (Wildman–Crippen LogP) is 4.27. The highest BCUT2D eigenvalue weighted by atomic mass is 32.2. The topological polar surface area (TPSA) is 96.0 Å². The summed E-state index contributed by atoms with van der Waals surface area (Å²) in [6.45, 7) is 12.2. The molecule has 0 saturated carbocycles. The van der Waals surface area contributed by atoms with Gasteiger partial charge in [-0.2, -0.15) is 0 Å². The zero-order valence-corrected chi connectivity index (χ0v) is 23.9. The second-order valence-corrected chi connectivity index (χ2v) is 12.2. The van der Waals surface area contributed by atoms with Crippen molar-refractivity contribution in [2.45, 2.75) is 72.5 Å². The summed E-state index contributed by atoms with van der Waals surface area (Å²) in [5.41, 5.74) is 2.10. The fourth-order valence-electron chi connectivity index (χ4n) is 3.83. The van der Waals surface area contributed by atoms with Crippen LogP contribution in [0.15, 0.2) is 48.5 Å². The van der Waals surface area contributed by atoms with Crippen molar-refractivity contribution in [3.8, 4) is 5.75 Å². The van der Waals surface area contributed by atoms with E-state index in [9.17, 15) is 18.0 Å². The Kier molecular flexibility index (Phi) is 10.5. The molecule has 0 aromatic heterocycles. The van der Waals surface area contributed by atoms with Crippen LogP contribution in [0.5, 0.6) is 5.75 Å². The van der Waals surface area contributed by atoms with Crippen molar-refractivity contribution < 1.29 is 22.7 Å². The molecule has 0 bridgehead atoms. The van der Waals surface area contributed by atoms with Crippen LogP contribution >= 0.6 is 0 Å². The van der Waals surface area contributed by atoms with E-state index in [1.54, 1.807) is 36.1 Å². The van der Waals surface area contributed by atoms with Gasteiger partial charge in [-0.3, -0.25) is 13.9 Å². The van der Waals surface area contributed by atoms with Crippen molar-refractivity contribution in [2.24, 2.45) is 0 Å². The lowest BCUT2D eigenvalue weighted by atomic mass is 10.1. The Labute approximate surface area is 222 Å². The Hall–Kier alpha value is -3.07. The first-order chi connectivity index (χ1) is 17.2.